The lowest BCUT2D eigenvalue weighted by molar-refractivity contribution is 0.0581. The highest BCUT2D eigenvalue weighted by molar-refractivity contribution is 5.74. The monoisotopic (exact) mass is 344 g/mol. The minimum atomic E-state index is -0.477. The van der Waals surface area contributed by atoms with E-state index in [1.54, 1.807) is 17.2 Å². The lowest BCUT2D eigenvalue weighted by Gasteiger charge is -2.29. The molecule has 0 saturated heterocycles. The highest BCUT2D eigenvalue weighted by Gasteiger charge is 2.30. The van der Waals surface area contributed by atoms with Gasteiger partial charge in [-0.2, -0.15) is 5.10 Å². The minimum Gasteiger partial charge on any atom is -0.467 e. The van der Waals surface area contributed by atoms with E-state index in [1.165, 1.54) is 6.42 Å². The maximum absolute atomic E-state index is 12.5. The molecular formula is C18H24N4O3. The van der Waals surface area contributed by atoms with Crippen molar-refractivity contribution in [2.45, 2.75) is 51.4 Å². The van der Waals surface area contributed by atoms with Gasteiger partial charge in [-0.15, -0.1) is 0 Å². The van der Waals surface area contributed by atoms with Crippen LogP contribution in [-0.4, -0.2) is 32.4 Å². The second kappa shape index (κ2) is 6.92. The van der Waals surface area contributed by atoms with Crippen LogP contribution in [-0.2, 0) is 19.6 Å². The van der Waals surface area contributed by atoms with E-state index in [4.69, 9.17) is 4.42 Å². The van der Waals surface area contributed by atoms with Crippen molar-refractivity contribution in [1.29, 1.82) is 0 Å². The zero-order valence-electron chi connectivity index (χ0n) is 14.2. The summed E-state index contributed by atoms with van der Waals surface area (Å²) < 4.78 is 7.19. The van der Waals surface area contributed by atoms with Crippen LogP contribution in [0.15, 0.2) is 28.9 Å². The fourth-order valence-corrected chi connectivity index (χ4v) is 3.49. The fourth-order valence-electron chi connectivity index (χ4n) is 3.49. The number of urea groups is 1. The van der Waals surface area contributed by atoms with E-state index in [1.807, 2.05) is 16.8 Å². The highest BCUT2D eigenvalue weighted by atomic mass is 16.3. The van der Waals surface area contributed by atoms with E-state index in [9.17, 15) is 9.90 Å². The SMILES string of the molecule is O=C(NCc1ccco1)N1CCCn2nc([C@H](O)C3CCC3)cc2C1. The normalized spacial score (nSPS) is 19.0. The Morgan fingerprint density at radius 2 is 2.28 bits per heavy atom. The number of rotatable bonds is 4. The summed E-state index contributed by atoms with van der Waals surface area (Å²) in [7, 11) is 0. The van der Waals surface area contributed by atoms with Crippen LogP contribution >= 0.6 is 0 Å². The molecule has 2 amide bonds. The molecule has 1 aliphatic heterocycles. The van der Waals surface area contributed by atoms with Crippen LogP contribution in [0, 0.1) is 5.92 Å². The Hall–Kier alpha value is -2.28. The van der Waals surface area contributed by atoms with Crippen molar-refractivity contribution in [1.82, 2.24) is 20.0 Å². The van der Waals surface area contributed by atoms with Crippen LogP contribution in [0.25, 0.3) is 0 Å². The summed E-state index contributed by atoms with van der Waals surface area (Å²) in [6.07, 6.45) is 5.31. The first kappa shape index (κ1) is 16.2. The number of aliphatic hydroxyl groups is 1. The summed E-state index contributed by atoms with van der Waals surface area (Å²) in [5.41, 5.74) is 1.73. The largest absolute Gasteiger partial charge is 0.467 e. The molecule has 3 heterocycles. The average molecular weight is 344 g/mol. The molecule has 0 spiro atoms. The van der Waals surface area contributed by atoms with Gasteiger partial charge in [0, 0.05) is 13.1 Å². The summed E-state index contributed by atoms with van der Waals surface area (Å²) in [6.45, 7) is 2.35. The molecule has 7 nitrogen and oxygen atoms in total. The topological polar surface area (TPSA) is 83.5 Å². The summed E-state index contributed by atoms with van der Waals surface area (Å²) in [6, 6.07) is 5.50. The molecule has 0 bridgehead atoms. The number of hydrogen-bond donors (Lipinski definition) is 2. The van der Waals surface area contributed by atoms with Crippen molar-refractivity contribution >= 4 is 6.03 Å². The third-order valence-electron chi connectivity index (χ3n) is 5.21. The molecule has 0 radical (unpaired) electrons. The van der Waals surface area contributed by atoms with E-state index < -0.39 is 6.10 Å². The molecule has 25 heavy (non-hydrogen) atoms. The summed E-state index contributed by atoms with van der Waals surface area (Å²) in [5.74, 6) is 1.07. The van der Waals surface area contributed by atoms with Crippen LogP contribution in [0.3, 0.4) is 0 Å². The molecule has 7 heteroatoms. The van der Waals surface area contributed by atoms with Crippen LogP contribution in [0.2, 0.25) is 0 Å². The average Bonchev–Trinajstić information content (AvgIpc) is 3.16. The first-order valence-electron chi connectivity index (χ1n) is 9.00. The standard InChI is InChI=1S/C18H24N4O3/c23-17(13-4-1-5-13)16-10-14-12-21(7-3-8-22(14)20-16)18(24)19-11-15-6-2-9-25-15/h2,6,9-10,13,17,23H,1,3-5,7-8,11-12H2,(H,19,24)/t17-/m1/s1. The number of nitrogens with one attached hydrogen (secondary N) is 1. The third kappa shape index (κ3) is 3.42. The van der Waals surface area contributed by atoms with Crippen molar-refractivity contribution in [3.05, 3.63) is 41.6 Å². The Balaban J connectivity index is 1.41. The van der Waals surface area contributed by atoms with Gasteiger partial charge in [0.25, 0.3) is 0 Å². The van der Waals surface area contributed by atoms with Gasteiger partial charge in [-0.1, -0.05) is 6.42 Å². The van der Waals surface area contributed by atoms with Crippen molar-refractivity contribution < 1.29 is 14.3 Å². The number of carbonyl (C=O) groups is 1. The molecule has 1 fully saturated rings. The molecule has 2 aromatic heterocycles. The number of furan rings is 1. The summed E-state index contributed by atoms with van der Waals surface area (Å²) in [4.78, 5) is 14.2. The molecule has 2 aromatic rings. The third-order valence-corrected chi connectivity index (χ3v) is 5.21. The lowest BCUT2D eigenvalue weighted by Crippen LogP contribution is -2.39. The molecule has 2 aliphatic rings. The molecule has 4 rings (SSSR count). The van der Waals surface area contributed by atoms with Gasteiger partial charge >= 0.3 is 6.03 Å². The maximum atomic E-state index is 12.5. The smallest absolute Gasteiger partial charge is 0.318 e. The quantitative estimate of drug-likeness (QED) is 0.892. The second-order valence-corrected chi connectivity index (χ2v) is 6.93. The summed E-state index contributed by atoms with van der Waals surface area (Å²) >= 11 is 0. The number of aliphatic hydroxyl groups excluding tert-OH is 1. The zero-order chi connectivity index (χ0) is 17.2. The lowest BCUT2D eigenvalue weighted by atomic mass is 9.80. The number of aromatic nitrogens is 2. The Kier molecular flexibility index (Phi) is 4.48. The Morgan fingerprint density at radius 1 is 1.40 bits per heavy atom. The number of fused-ring (bicyclic) bond motifs is 1. The molecular weight excluding hydrogens is 320 g/mol. The van der Waals surface area contributed by atoms with Gasteiger partial charge < -0.3 is 19.7 Å². The van der Waals surface area contributed by atoms with Crippen molar-refractivity contribution in [2.75, 3.05) is 6.54 Å². The van der Waals surface area contributed by atoms with Gasteiger partial charge in [0.05, 0.1) is 30.7 Å². The first-order chi connectivity index (χ1) is 12.2. The first-order valence-corrected chi connectivity index (χ1v) is 9.00. The van der Waals surface area contributed by atoms with E-state index in [0.29, 0.717) is 25.6 Å². The van der Waals surface area contributed by atoms with Gasteiger partial charge in [0.2, 0.25) is 0 Å². The van der Waals surface area contributed by atoms with Gasteiger partial charge in [0.1, 0.15) is 11.9 Å². The van der Waals surface area contributed by atoms with Crippen molar-refractivity contribution in [3.63, 3.8) is 0 Å². The van der Waals surface area contributed by atoms with Crippen LogP contribution in [0.4, 0.5) is 4.79 Å². The maximum Gasteiger partial charge on any atom is 0.318 e. The molecule has 0 unspecified atom stereocenters. The molecule has 2 N–H and O–H groups in total. The number of amides is 2. The second-order valence-electron chi connectivity index (χ2n) is 6.93. The van der Waals surface area contributed by atoms with E-state index >= 15 is 0 Å². The number of aryl methyl sites for hydroxylation is 1. The molecule has 0 aromatic carbocycles. The van der Waals surface area contributed by atoms with Crippen LogP contribution in [0.1, 0.15) is 48.9 Å². The molecule has 1 aliphatic carbocycles. The van der Waals surface area contributed by atoms with E-state index in [2.05, 4.69) is 10.4 Å². The molecule has 1 atom stereocenters. The number of nitrogens with zero attached hydrogens (tertiary/aromatic N) is 3. The van der Waals surface area contributed by atoms with Gasteiger partial charge in [-0.05, 0) is 43.4 Å². The highest BCUT2D eigenvalue weighted by Crippen LogP contribution is 2.37. The molecule has 134 valence electrons. The van der Waals surface area contributed by atoms with Crippen LogP contribution < -0.4 is 5.32 Å². The molecule has 1 saturated carbocycles. The van der Waals surface area contributed by atoms with Crippen LogP contribution in [0.5, 0.6) is 0 Å². The van der Waals surface area contributed by atoms with E-state index in [-0.39, 0.29) is 6.03 Å². The predicted molar refractivity (Wildman–Crippen MR) is 90.5 cm³/mol. The minimum absolute atomic E-state index is 0.104. The number of hydrogen-bond acceptors (Lipinski definition) is 4. The van der Waals surface area contributed by atoms with Gasteiger partial charge in [-0.25, -0.2) is 4.79 Å². The Bertz CT molecular complexity index is 721. The van der Waals surface area contributed by atoms with E-state index in [0.717, 1.165) is 43.0 Å². The Morgan fingerprint density at radius 3 is 3.00 bits per heavy atom. The summed E-state index contributed by atoms with van der Waals surface area (Å²) in [5, 5.41) is 17.9. The van der Waals surface area contributed by atoms with Gasteiger partial charge in [0.15, 0.2) is 0 Å². The Labute approximate surface area is 146 Å². The number of carbonyl (C=O) groups excluding carboxylic acids is 1. The van der Waals surface area contributed by atoms with Gasteiger partial charge in [-0.3, -0.25) is 4.68 Å². The zero-order valence-corrected chi connectivity index (χ0v) is 14.2. The van der Waals surface area contributed by atoms with Crippen molar-refractivity contribution in [3.8, 4) is 0 Å². The van der Waals surface area contributed by atoms with Crippen molar-refractivity contribution in [2.24, 2.45) is 5.92 Å². The fraction of sp³-hybridized carbons (Fsp3) is 0.556. The predicted octanol–water partition coefficient (Wildman–Crippen LogP) is 2.43.